The zero-order valence-corrected chi connectivity index (χ0v) is 26.3. The van der Waals surface area contributed by atoms with Crippen molar-refractivity contribution in [1.82, 2.24) is 35.1 Å². The minimum Gasteiger partial charge on any atom is -0.465 e. The van der Waals surface area contributed by atoms with E-state index in [-0.39, 0.29) is 17.5 Å². The maximum absolute atomic E-state index is 15.6. The quantitative estimate of drug-likeness (QED) is 0.145. The summed E-state index contributed by atoms with van der Waals surface area (Å²) in [6.45, 7) is 1.37. The molecule has 4 heterocycles. The molecule has 5 aromatic rings. The third kappa shape index (κ3) is 5.95. The Morgan fingerprint density at radius 1 is 0.875 bits per heavy atom. The molecule has 10 nitrogen and oxygen atoms in total. The number of rotatable bonds is 8. The summed E-state index contributed by atoms with van der Waals surface area (Å²) in [5.41, 5.74) is 3.32. The van der Waals surface area contributed by atoms with Gasteiger partial charge in [-0.15, -0.1) is 0 Å². The third-order valence-corrected chi connectivity index (χ3v) is 9.32. The van der Waals surface area contributed by atoms with Gasteiger partial charge < -0.3 is 25.3 Å². The minimum absolute atomic E-state index is 0.144. The highest BCUT2D eigenvalue weighted by molar-refractivity contribution is 5.87. The number of halogens is 2. The van der Waals surface area contributed by atoms with Crippen molar-refractivity contribution < 1.29 is 23.5 Å². The fourth-order valence-corrected chi connectivity index (χ4v) is 6.79. The molecule has 2 aliphatic rings. The minimum atomic E-state index is -1.21. The maximum Gasteiger partial charge on any atom is 0.407 e. The van der Waals surface area contributed by atoms with E-state index in [4.69, 9.17) is 0 Å². The number of benzene rings is 3. The van der Waals surface area contributed by atoms with Crippen LogP contribution in [0.15, 0.2) is 79.1 Å². The summed E-state index contributed by atoms with van der Waals surface area (Å²) in [4.78, 5) is 43.8. The van der Waals surface area contributed by atoms with Crippen LogP contribution in [0.2, 0.25) is 0 Å². The lowest BCUT2D eigenvalue weighted by Gasteiger charge is -2.32. The van der Waals surface area contributed by atoms with Gasteiger partial charge in [0.2, 0.25) is 0 Å². The van der Waals surface area contributed by atoms with Crippen molar-refractivity contribution >= 4 is 12.0 Å². The molecule has 48 heavy (non-hydrogen) atoms. The van der Waals surface area contributed by atoms with Crippen LogP contribution < -0.4 is 5.32 Å². The number of hydrogen-bond acceptors (Lipinski definition) is 5. The Morgan fingerprint density at radius 2 is 1.50 bits per heavy atom. The maximum atomic E-state index is 15.6. The first-order chi connectivity index (χ1) is 23.3. The molecule has 0 aliphatic carbocycles. The van der Waals surface area contributed by atoms with Crippen LogP contribution in [0.4, 0.5) is 13.6 Å². The van der Waals surface area contributed by atoms with Crippen molar-refractivity contribution in [3.8, 4) is 33.6 Å². The smallest absolute Gasteiger partial charge is 0.407 e. The zero-order chi connectivity index (χ0) is 33.4. The van der Waals surface area contributed by atoms with Crippen LogP contribution in [-0.4, -0.2) is 67.0 Å². The Hall–Kier alpha value is -5.36. The second-order valence-corrected chi connectivity index (χ2v) is 12.3. The van der Waals surface area contributed by atoms with Crippen molar-refractivity contribution in [2.45, 2.75) is 43.8 Å². The van der Waals surface area contributed by atoms with Crippen LogP contribution in [-0.2, 0) is 4.79 Å². The van der Waals surface area contributed by atoms with Gasteiger partial charge in [-0.3, -0.25) is 9.69 Å². The number of nitrogens with one attached hydrogen (secondary N) is 3. The summed E-state index contributed by atoms with van der Waals surface area (Å²) >= 11 is 0. The standard InChI is InChI=1S/C36H35F2N7O3/c1-44(36(47)48)32(21-7-3-2-4-8-21)35(46)45-16-6-10-31(45)34-41-20-30(43-34)25-14-12-23(18-27(25)38)22-11-13-24(26(37)17-22)29-19-40-33(42-29)28-9-5-15-39-28/h2-4,7-8,11-14,17-20,28,31-32,39H,5-6,9-10,15-16H2,1H3,(H,40,42)(H,41,43)(H,47,48)/t28-,31-,32+/m0/s1. The Balaban J connectivity index is 1.09. The average molecular weight is 652 g/mol. The number of imidazole rings is 2. The van der Waals surface area contributed by atoms with Gasteiger partial charge in [0.1, 0.15) is 29.3 Å². The molecule has 2 aliphatic heterocycles. The normalized spacial score (nSPS) is 18.3. The summed E-state index contributed by atoms with van der Waals surface area (Å²) in [5.74, 6) is -0.0166. The number of H-pyrrole nitrogens is 2. The summed E-state index contributed by atoms with van der Waals surface area (Å²) < 4.78 is 30.9. The van der Waals surface area contributed by atoms with Gasteiger partial charge in [0.05, 0.1) is 35.9 Å². The topological polar surface area (TPSA) is 130 Å². The molecule has 0 radical (unpaired) electrons. The molecular formula is C36H35F2N7O3. The highest BCUT2D eigenvalue weighted by atomic mass is 19.1. The molecule has 2 amide bonds. The number of amides is 2. The Morgan fingerprint density at radius 3 is 2.08 bits per heavy atom. The molecule has 0 saturated carbocycles. The Labute approximate surface area is 275 Å². The monoisotopic (exact) mass is 651 g/mol. The lowest BCUT2D eigenvalue weighted by Crippen LogP contribution is -2.43. The fourth-order valence-electron chi connectivity index (χ4n) is 6.79. The van der Waals surface area contributed by atoms with E-state index in [0.717, 1.165) is 30.1 Å². The van der Waals surface area contributed by atoms with Gasteiger partial charge >= 0.3 is 6.09 Å². The van der Waals surface area contributed by atoms with Crippen molar-refractivity contribution in [3.05, 3.63) is 108 Å². The van der Waals surface area contributed by atoms with Crippen molar-refractivity contribution in [2.75, 3.05) is 20.1 Å². The van der Waals surface area contributed by atoms with Gasteiger partial charge in [-0.25, -0.2) is 23.5 Å². The van der Waals surface area contributed by atoms with E-state index >= 15 is 8.78 Å². The van der Waals surface area contributed by atoms with Crippen LogP contribution >= 0.6 is 0 Å². The third-order valence-electron chi connectivity index (χ3n) is 9.32. The second kappa shape index (κ2) is 13.0. The van der Waals surface area contributed by atoms with Crippen molar-refractivity contribution in [3.63, 3.8) is 0 Å². The van der Waals surface area contributed by atoms with E-state index in [1.54, 1.807) is 65.7 Å². The number of carbonyl (C=O) groups excluding carboxylic acids is 1. The van der Waals surface area contributed by atoms with Crippen molar-refractivity contribution in [2.24, 2.45) is 0 Å². The molecule has 0 unspecified atom stereocenters. The number of hydrogen-bond donors (Lipinski definition) is 4. The molecule has 246 valence electrons. The largest absolute Gasteiger partial charge is 0.465 e. The number of nitrogens with zero attached hydrogens (tertiary/aromatic N) is 4. The molecule has 0 bridgehead atoms. The number of carbonyl (C=O) groups is 2. The highest BCUT2D eigenvalue weighted by Gasteiger charge is 2.39. The molecular weight excluding hydrogens is 616 g/mol. The number of aromatic nitrogens is 4. The molecule has 0 spiro atoms. The molecule has 3 aromatic carbocycles. The average Bonchev–Trinajstić information content (AvgIpc) is 3.92. The first-order valence-electron chi connectivity index (χ1n) is 16.0. The van der Waals surface area contributed by atoms with Gasteiger partial charge in [-0.1, -0.05) is 42.5 Å². The van der Waals surface area contributed by atoms with Gasteiger partial charge in [-0.05, 0) is 73.2 Å². The fraction of sp³-hybridized carbons (Fsp3) is 0.278. The van der Waals surface area contributed by atoms with E-state index in [0.29, 0.717) is 58.9 Å². The second-order valence-electron chi connectivity index (χ2n) is 12.3. The lowest BCUT2D eigenvalue weighted by molar-refractivity contribution is -0.137. The van der Waals surface area contributed by atoms with E-state index < -0.39 is 29.8 Å². The van der Waals surface area contributed by atoms with Crippen molar-refractivity contribution in [1.29, 1.82) is 0 Å². The highest BCUT2D eigenvalue weighted by Crippen LogP contribution is 2.36. The molecule has 2 saturated heterocycles. The van der Waals surface area contributed by atoms with E-state index in [9.17, 15) is 14.7 Å². The number of aromatic amines is 2. The summed E-state index contributed by atoms with van der Waals surface area (Å²) in [7, 11) is 1.38. The molecule has 2 fully saturated rings. The van der Waals surface area contributed by atoms with Gasteiger partial charge in [-0.2, -0.15) is 0 Å². The van der Waals surface area contributed by atoms with E-state index in [1.165, 1.54) is 25.4 Å². The first kappa shape index (κ1) is 31.3. The number of likely N-dealkylation sites (tertiary alicyclic amines) is 1. The molecule has 12 heteroatoms. The van der Waals surface area contributed by atoms with Gasteiger partial charge in [0.25, 0.3) is 5.91 Å². The summed E-state index contributed by atoms with van der Waals surface area (Å²) in [6.07, 6.45) is 5.34. The molecule has 3 atom stereocenters. The van der Waals surface area contributed by atoms with Crippen LogP contribution in [0.5, 0.6) is 0 Å². The SMILES string of the molecule is CN(C(=O)O)[C@@H](C(=O)N1CCC[C@H]1c1ncc(-c2ccc(-c3ccc(-c4cnc([C@@H]5CCCN5)[nH]4)c(F)c3)cc2F)[nH]1)c1ccccc1. The van der Waals surface area contributed by atoms with E-state index in [2.05, 4.69) is 25.3 Å². The zero-order valence-electron chi connectivity index (χ0n) is 26.3. The number of carboxylic acid groups (broad SMARTS) is 1. The predicted octanol–water partition coefficient (Wildman–Crippen LogP) is 6.85. The van der Waals surface area contributed by atoms with E-state index in [1.807, 2.05) is 0 Å². The van der Waals surface area contributed by atoms with Crippen LogP contribution in [0, 0.1) is 11.6 Å². The van der Waals surface area contributed by atoms with Gasteiger partial charge in [0.15, 0.2) is 0 Å². The first-order valence-corrected chi connectivity index (χ1v) is 16.0. The van der Waals surface area contributed by atoms with Crippen LogP contribution in [0.3, 0.4) is 0 Å². The Kier molecular flexibility index (Phi) is 8.49. The molecule has 4 N–H and O–H groups in total. The van der Waals surface area contributed by atoms with Crippen LogP contribution in [0.25, 0.3) is 33.6 Å². The lowest BCUT2D eigenvalue weighted by atomic mass is 10.00. The molecule has 2 aromatic heterocycles. The summed E-state index contributed by atoms with van der Waals surface area (Å²) in [5, 5.41) is 13.1. The predicted molar refractivity (Wildman–Crippen MR) is 176 cm³/mol. The number of likely N-dealkylation sites (N-methyl/N-ethyl adjacent to an activating group) is 1. The van der Waals surface area contributed by atoms with Gasteiger partial charge in [0, 0.05) is 24.7 Å². The summed E-state index contributed by atoms with van der Waals surface area (Å²) in [6, 6.07) is 17.0. The Bertz CT molecular complexity index is 1950. The van der Waals surface area contributed by atoms with Crippen LogP contribution in [0.1, 0.15) is 61.0 Å². The molecule has 7 rings (SSSR count).